The monoisotopic (exact) mass is 298 g/mol. The summed E-state index contributed by atoms with van der Waals surface area (Å²) in [5.41, 5.74) is 3.34. The topological polar surface area (TPSA) is 6.48 Å². The van der Waals surface area contributed by atoms with Crippen LogP contribution in [0.25, 0.3) is 0 Å². The minimum atomic E-state index is 0. The van der Waals surface area contributed by atoms with Crippen LogP contribution in [0.4, 0.5) is 0 Å². The molecular weight excluding hydrogens is 284 g/mol. The van der Waals surface area contributed by atoms with E-state index in [0.29, 0.717) is 0 Å². The van der Waals surface area contributed by atoms with Crippen LogP contribution >= 0.6 is 34.0 Å². The second-order valence-electron chi connectivity index (χ2n) is 3.55. The van der Waals surface area contributed by atoms with Crippen LogP contribution in [0.2, 0.25) is 0 Å². The van der Waals surface area contributed by atoms with Gasteiger partial charge in [-0.25, -0.2) is 0 Å². The summed E-state index contributed by atoms with van der Waals surface area (Å²) < 4.78 is 0. The van der Waals surface area contributed by atoms with E-state index < -0.39 is 0 Å². The third-order valence-corrected chi connectivity index (χ3v) is 2.34. The number of likely N-dealkylation sites (N-methyl/N-ethyl adjacent to an activating group) is 2. The molecule has 2 heterocycles. The maximum atomic E-state index is 2.39. The predicted molar refractivity (Wildman–Crippen MR) is 62.7 cm³/mol. The second kappa shape index (κ2) is 4.74. The highest BCUT2D eigenvalue weighted by Gasteiger charge is 2.25. The van der Waals surface area contributed by atoms with Crippen molar-refractivity contribution in [2.75, 3.05) is 40.3 Å². The van der Waals surface area contributed by atoms with Gasteiger partial charge >= 0.3 is 0 Å². The highest BCUT2D eigenvalue weighted by Crippen LogP contribution is 2.22. The molecule has 0 bridgehead atoms. The summed E-state index contributed by atoms with van der Waals surface area (Å²) in [5, 5.41) is 0. The average molecular weight is 300 g/mol. The minimum Gasteiger partial charge on any atom is -0.298 e. The fourth-order valence-electron chi connectivity index (χ4n) is 1.96. The molecule has 4 heteroatoms. The maximum Gasteiger partial charge on any atom is 0.0209 e. The second-order valence-corrected chi connectivity index (χ2v) is 3.55. The first kappa shape index (κ1) is 12.6. The van der Waals surface area contributed by atoms with Crippen molar-refractivity contribution in [1.82, 2.24) is 9.80 Å². The average Bonchev–Trinajstić information content (AvgIpc) is 2.21. The molecular formula is C8H16Br2N2. The molecule has 72 valence electrons. The van der Waals surface area contributed by atoms with Crippen LogP contribution in [0.1, 0.15) is 0 Å². The van der Waals surface area contributed by atoms with Gasteiger partial charge in [-0.1, -0.05) is 0 Å². The van der Waals surface area contributed by atoms with E-state index in [0.717, 1.165) is 0 Å². The first-order chi connectivity index (χ1) is 4.75. The molecule has 0 saturated carbocycles. The van der Waals surface area contributed by atoms with Gasteiger partial charge in [0, 0.05) is 26.2 Å². The van der Waals surface area contributed by atoms with Gasteiger partial charge in [-0.2, -0.15) is 0 Å². The fourth-order valence-corrected chi connectivity index (χ4v) is 1.96. The van der Waals surface area contributed by atoms with Crippen LogP contribution in [0.3, 0.4) is 0 Å². The normalized spacial score (nSPS) is 23.5. The standard InChI is InChI=1S/C8H14N2.2BrH/c1-9-3-7-5-10(2)6-8(7)4-9;;/h3-6H2,1-2H3;2*1H. The van der Waals surface area contributed by atoms with Gasteiger partial charge in [0.05, 0.1) is 0 Å². The Morgan fingerprint density at radius 1 is 0.750 bits per heavy atom. The van der Waals surface area contributed by atoms with Gasteiger partial charge in [0.15, 0.2) is 0 Å². The molecule has 0 N–H and O–H groups in total. The van der Waals surface area contributed by atoms with Gasteiger partial charge in [0.1, 0.15) is 0 Å². The Kier molecular flexibility index (Phi) is 4.99. The SMILES string of the molecule is Br.Br.CN1CC2=C(C1)CN(C)C2. The molecule has 0 aliphatic carbocycles. The largest absolute Gasteiger partial charge is 0.298 e. The molecule has 2 aliphatic rings. The molecule has 0 fully saturated rings. The van der Waals surface area contributed by atoms with E-state index in [9.17, 15) is 0 Å². The fraction of sp³-hybridized carbons (Fsp3) is 0.750. The van der Waals surface area contributed by atoms with E-state index in [4.69, 9.17) is 0 Å². The molecule has 2 aliphatic heterocycles. The van der Waals surface area contributed by atoms with Crippen LogP contribution in [-0.2, 0) is 0 Å². The third kappa shape index (κ3) is 2.31. The van der Waals surface area contributed by atoms with Crippen molar-refractivity contribution in [2.24, 2.45) is 0 Å². The van der Waals surface area contributed by atoms with E-state index in [-0.39, 0.29) is 34.0 Å². The van der Waals surface area contributed by atoms with Crippen molar-refractivity contribution in [1.29, 1.82) is 0 Å². The van der Waals surface area contributed by atoms with E-state index in [1.807, 2.05) is 0 Å². The number of rotatable bonds is 0. The Morgan fingerprint density at radius 2 is 1.00 bits per heavy atom. The predicted octanol–water partition coefficient (Wildman–Crippen LogP) is 1.33. The Bertz CT molecular complexity index is 155. The lowest BCUT2D eigenvalue weighted by atomic mass is 10.2. The van der Waals surface area contributed by atoms with Gasteiger partial charge in [0.2, 0.25) is 0 Å². The highest BCUT2D eigenvalue weighted by molar-refractivity contribution is 8.93. The molecule has 12 heavy (non-hydrogen) atoms. The molecule has 0 aromatic carbocycles. The molecule has 0 saturated heterocycles. The number of hydrogen-bond acceptors (Lipinski definition) is 2. The summed E-state index contributed by atoms with van der Waals surface area (Å²) in [4.78, 5) is 4.77. The van der Waals surface area contributed by atoms with E-state index in [2.05, 4.69) is 23.9 Å². The van der Waals surface area contributed by atoms with Gasteiger partial charge in [0.25, 0.3) is 0 Å². The molecule has 0 aromatic heterocycles. The first-order valence-corrected chi connectivity index (χ1v) is 3.82. The quantitative estimate of drug-likeness (QED) is 0.623. The number of hydrogen-bond donors (Lipinski definition) is 0. The summed E-state index contributed by atoms with van der Waals surface area (Å²) in [5.74, 6) is 0. The van der Waals surface area contributed by atoms with Crippen molar-refractivity contribution in [3.63, 3.8) is 0 Å². The molecule has 0 aromatic rings. The van der Waals surface area contributed by atoms with Crippen LogP contribution < -0.4 is 0 Å². The van der Waals surface area contributed by atoms with Crippen molar-refractivity contribution in [3.8, 4) is 0 Å². The molecule has 0 atom stereocenters. The lowest BCUT2D eigenvalue weighted by Crippen LogP contribution is -2.24. The number of halogens is 2. The van der Waals surface area contributed by atoms with Crippen molar-refractivity contribution in [2.45, 2.75) is 0 Å². The van der Waals surface area contributed by atoms with E-state index in [1.54, 1.807) is 11.1 Å². The zero-order chi connectivity index (χ0) is 7.14. The molecule has 0 amide bonds. The van der Waals surface area contributed by atoms with Gasteiger partial charge in [-0.3, -0.25) is 9.80 Å². The Morgan fingerprint density at radius 3 is 1.25 bits per heavy atom. The Hall–Kier alpha value is 0.620. The van der Waals surface area contributed by atoms with E-state index in [1.165, 1.54) is 26.2 Å². The van der Waals surface area contributed by atoms with Crippen molar-refractivity contribution in [3.05, 3.63) is 11.1 Å². The maximum absolute atomic E-state index is 2.39. The lowest BCUT2D eigenvalue weighted by molar-refractivity contribution is 0.358. The van der Waals surface area contributed by atoms with Crippen LogP contribution in [-0.4, -0.2) is 50.1 Å². The molecule has 0 unspecified atom stereocenters. The van der Waals surface area contributed by atoms with Crippen LogP contribution in [0, 0.1) is 0 Å². The molecule has 2 nitrogen and oxygen atoms in total. The minimum absolute atomic E-state index is 0. The molecule has 0 spiro atoms. The Balaban J connectivity index is 0.000000605. The smallest absolute Gasteiger partial charge is 0.0209 e. The zero-order valence-corrected chi connectivity index (χ0v) is 11.0. The van der Waals surface area contributed by atoms with Gasteiger partial charge in [-0.15, -0.1) is 34.0 Å². The summed E-state index contributed by atoms with van der Waals surface area (Å²) in [6.07, 6.45) is 0. The Labute approximate surface area is 95.1 Å². The molecule has 0 radical (unpaired) electrons. The van der Waals surface area contributed by atoms with Crippen molar-refractivity contribution < 1.29 is 0 Å². The summed E-state index contributed by atoms with van der Waals surface area (Å²) in [6.45, 7) is 4.83. The van der Waals surface area contributed by atoms with E-state index >= 15 is 0 Å². The summed E-state index contributed by atoms with van der Waals surface area (Å²) >= 11 is 0. The first-order valence-electron chi connectivity index (χ1n) is 3.82. The molecule has 2 rings (SSSR count). The zero-order valence-electron chi connectivity index (χ0n) is 7.54. The summed E-state index contributed by atoms with van der Waals surface area (Å²) in [7, 11) is 4.39. The summed E-state index contributed by atoms with van der Waals surface area (Å²) in [6, 6.07) is 0. The van der Waals surface area contributed by atoms with Gasteiger partial charge in [-0.05, 0) is 25.2 Å². The highest BCUT2D eigenvalue weighted by atomic mass is 79.9. The van der Waals surface area contributed by atoms with Crippen LogP contribution in [0.15, 0.2) is 11.1 Å². The van der Waals surface area contributed by atoms with Crippen LogP contribution in [0.5, 0.6) is 0 Å². The number of nitrogens with zero attached hydrogens (tertiary/aromatic N) is 2. The lowest BCUT2D eigenvalue weighted by Gasteiger charge is -2.14. The third-order valence-electron chi connectivity index (χ3n) is 2.34. The van der Waals surface area contributed by atoms with Gasteiger partial charge < -0.3 is 0 Å². The van der Waals surface area contributed by atoms with Crippen molar-refractivity contribution >= 4 is 34.0 Å².